The van der Waals surface area contributed by atoms with Gasteiger partial charge in [0.05, 0.1) is 16.1 Å². The molecule has 0 atom stereocenters. The van der Waals surface area contributed by atoms with Gasteiger partial charge in [-0.25, -0.2) is 12.4 Å². The predicted molar refractivity (Wildman–Crippen MR) is 124 cm³/mol. The fourth-order valence-corrected chi connectivity index (χ4v) is 5.94. The van der Waals surface area contributed by atoms with Gasteiger partial charge in [-0.2, -0.15) is 5.10 Å². The molecule has 7 heteroatoms. The Morgan fingerprint density at radius 2 is 1.66 bits per heavy atom. The minimum atomic E-state index is -3.75. The standard InChI is InChI=1S/C25H20N4O2S/c30-32(31,18-9-2-1-3-10-18)29-17-20(19-11-4-5-13-22(19)29)24-23-14-8-16-28(23)27-25(24)21-12-6-7-15-26-21/h1-7,9-13,15,17H,8,14,16H2. The van der Waals surface area contributed by atoms with Gasteiger partial charge in [0.25, 0.3) is 10.0 Å². The normalized spacial score (nSPS) is 13.5. The molecule has 0 bridgehead atoms. The van der Waals surface area contributed by atoms with Gasteiger partial charge in [-0.15, -0.1) is 0 Å². The van der Waals surface area contributed by atoms with E-state index in [0.29, 0.717) is 5.52 Å². The molecule has 0 aliphatic carbocycles. The fourth-order valence-electron chi connectivity index (χ4n) is 4.55. The van der Waals surface area contributed by atoms with Gasteiger partial charge in [0.2, 0.25) is 0 Å². The molecule has 1 aliphatic heterocycles. The summed E-state index contributed by atoms with van der Waals surface area (Å²) in [6.45, 7) is 0.857. The Bertz CT molecular complexity index is 1550. The van der Waals surface area contributed by atoms with Crippen LogP contribution >= 0.6 is 0 Å². The number of pyridine rings is 1. The molecule has 0 unspecified atom stereocenters. The maximum Gasteiger partial charge on any atom is 0.268 e. The number of hydrogen-bond acceptors (Lipinski definition) is 4. The van der Waals surface area contributed by atoms with E-state index < -0.39 is 10.0 Å². The van der Waals surface area contributed by atoms with Gasteiger partial charge in [0, 0.05) is 41.1 Å². The van der Waals surface area contributed by atoms with Gasteiger partial charge < -0.3 is 0 Å². The summed E-state index contributed by atoms with van der Waals surface area (Å²) >= 11 is 0. The minimum Gasteiger partial charge on any atom is -0.268 e. The first kappa shape index (κ1) is 19.0. The van der Waals surface area contributed by atoms with Crippen molar-refractivity contribution in [2.75, 3.05) is 0 Å². The van der Waals surface area contributed by atoms with Crippen molar-refractivity contribution in [2.45, 2.75) is 24.3 Å². The Labute approximate surface area is 185 Å². The average Bonchev–Trinajstić information content (AvgIpc) is 3.53. The Balaban J connectivity index is 1.65. The van der Waals surface area contributed by atoms with Crippen LogP contribution in [0.2, 0.25) is 0 Å². The highest BCUT2D eigenvalue weighted by atomic mass is 32.2. The first-order chi connectivity index (χ1) is 15.6. The van der Waals surface area contributed by atoms with Crippen molar-refractivity contribution in [3.05, 3.63) is 90.9 Å². The molecule has 2 aromatic carbocycles. The number of hydrogen-bond donors (Lipinski definition) is 0. The molecule has 0 saturated carbocycles. The smallest absolute Gasteiger partial charge is 0.268 e. The number of rotatable bonds is 4. The third-order valence-corrected chi connectivity index (χ3v) is 7.68. The summed E-state index contributed by atoms with van der Waals surface area (Å²) in [5.41, 5.74) is 5.19. The molecular weight excluding hydrogens is 420 g/mol. The lowest BCUT2D eigenvalue weighted by Crippen LogP contribution is -2.11. The molecule has 0 radical (unpaired) electrons. The second-order valence-corrected chi connectivity index (χ2v) is 9.70. The Morgan fingerprint density at radius 3 is 2.47 bits per heavy atom. The molecule has 0 amide bonds. The van der Waals surface area contributed by atoms with Gasteiger partial charge >= 0.3 is 0 Å². The van der Waals surface area contributed by atoms with Crippen molar-refractivity contribution in [2.24, 2.45) is 0 Å². The Kier molecular flexibility index (Phi) is 4.26. The predicted octanol–water partition coefficient (Wildman–Crippen LogP) is 4.75. The van der Waals surface area contributed by atoms with Crippen LogP contribution in [0.1, 0.15) is 12.1 Å². The zero-order chi connectivity index (χ0) is 21.7. The van der Waals surface area contributed by atoms with E-state index >= 15 is 0 Å². The Morgan fingerprint density at radius 1 is 0.875 bits per heavy atom. The van der Waals surface area contributed by atoms with E-state index in [-0.39, 0.29) is 4.90 Å². The third-order valence-electron chi connectivity index (χ3n) is 6.00. The van der Waals surface area contributed by atoms with E-state index in [0.717, 1.165) is 53.0 Å². The van der Waals surface area contributed by atoms with Crippen LogP contribution in [-0.2, 0) is 23.0 Å². The Hall–Kier alpha value is -3.71. The summed E-state index contributed by atoms with van der Waals surface area (Å²) in [5, 5.41) is 5.75. The quantitative estimate of drug-likeness (QED) is 0.404. The molecule has 1 aliphatic rings. The summed E-state index contributed by atoms with van der Waals surface area (Å²) in [6, 6.07) is 21.9. The number of para-hydroxylation sites is 1. The molecule has 3 aromatic heterocycles. The van der Waals surface area contributed by atoms with Crippen molar-refractivity contribution in [1.82, 2.24) is 18.7 Å². The van der Waals surface area contributed by atoms with Crippen molar-refractivity contribution in [1.29, 1.82) is 0 Å². The third kappa shape index (κ3) is 2.81. The van der Waals surface area contributed by atoms with Gasteiger partial charge in [-0.3, -0.25) is 9.67 Å². The first-order valence-corrected chi connectivity index (χ1v) is 12.0. The van der Waals surface area contributed by atoms with Crippen LogP contribution in [-0.4, -0.2) is 27.2 Å². The van der Waals surface area contributed by atoms with Crippen LogP contribution in [0.5, 0.6) is 0 Å². The molecule has 6 rings (SSSR count). The summed E-state index contributed by atoms with van der Waals surface area (Å²) in [4.78, 5) is 4.79. The second kappa shape index (κ2) is 7.17. The van der Waals surface area contributed by atoms with Crippen molar-refractivity contribution in [3.8, 4) is 22.5 Å². The maximum atomic E-state index is 13.5. The number of fused-ring (bicyclic) bond motifs is 2. The van der Waals surface area contributed by atoms with E-state index in [4.69, 9.17) is 5.10 Å². The summed E-state index contributed by atoms with van der Waals surface area (Å²) < 4.78 is 30.5. The highest BCUT2D eigenvalue weighted by Crippen LogP contribution is 2.41. The van der Waals surface area contributed by atoms with Gasteiger partial charge in [-0.05, 0) is 43.2 Å². The summed E-state index contributed by atoms with van der Waals surface area (Å²) in [6.07, 6.45) is 5.43. The highest BCUT2D eigenvalue weighted by Gasteiger charge is 2.28. The van der Waals surface area contributed by atoms with E-state index in [1.807, 2.05) is 53.2 Å². The lowest BCUT2D eigenvalue weighted by atomic mass is 9.99. The average molecular weight is 441 g/mol. The zero-order valence-electron chi connectivity index (χ0n) is 17.2. The molecule has 158 valence electrons. The molecule has 0 saturated heterocycles. The lowest BCUT2D eigenvalue weighted by molar-refractivity contribution is 0.589. The zero-order valence-corrected chi connectivity index (χ0v) is 18.0. The number of aromatic nitrogens is 4. The number of benzene rings is 2. The molecule has 0 spiro atoms. The maximum absolute atomic E-state index is 13.5. The van der Waals surface area contributed by atoms with Gasteiger partial charge in [0.1, 0.15) is 5.69 Å². The molecule has 6 nitrogen and oxygen atoms in total. The fraction of sp³-hybridized carbons (Fsp3) is 0.120. The molecule has 0 N–H and O–H groups in total. The first-order valence-electron chi connectivity index (χ1n) is 10.6. The van der Waals surface area contributed by atoms with Crippen LogP contribution in [0.4, 0.5) is 0 Å². The van der Waals surface area contributed by atoms with Gasteiger partial charge in [-0.1, -0.05) is 42.5 Å². The van der Waals surface area contributed by atoms with Crippen LogP contribution in [0, 0.1) is 0 Å². The van der Waals surface area contributed by atoms with E-state index in [1.54, 1.807) is 36.7 Å². The van der Waals surface area contributed by atoms with Crippen molar-refractivity contribution >= 4 is 20.9 Å². The van der Waals surface area contributed by atoms with E-state index in [1.165, 1.54) is 3.97 Å². The highest BCUT2D eigenvalue weighted by molar-refractivity contribution is 7.90. The summed E-state index contributed by atoms with van der Waals surface area (Å²) in [7, 11) is -3.75. The number of nitrogens with zero attached hydrogens (tertiary/aromatic N) is 4. The molecular formula is C25H20N4O2S. The lowest BCUT2D eigenvalue weighted by Gasteiger charge is -2.07. The van der Waals surface area contributed by atoms with Crippen LogP contribution in [0.15, 0.2) is 90.1 Å². The molecule has 0 fully saturated rings. The molecule has 5 aromatic rings. The van der Waals surface area contributed by atoms with Crippen molar-refractivity contribution in [3.63, 3.8) is 0 Å². The topological polar surface area (TPSA) is 69.8 Å². The second-order valence-electron chi connectivity index (χ2n) is 7.89. The van der Waals surface area contributed by atoms with Crippen molar-refractivity contribution < 1.29 is 8.42 Å². The number of aryl methyl sites for hydroxylation is 1. The molecule has 32 heavy (non-hydrogen) atoms. The van der Waals surface area contributed by atoms with E-state index in [2.05, 4.69) is 4.98 Å². The van der Waals surface area contributed by atoms with Gasteiger partial charge in [0.15, 0.2) is 0 Å². The van der Waals surface area contributed by atoms with E-state index in [9.17, 15) is 8.42 Å². The summed E-state index contributed by atoms with van der Waals surface area (Å²) in [5.74, 6) is 0. The minimum absolute atomic E-state index is 0.262. The van der Waals surface area contributed by atoms with Crippen LogP contribution < -0.4 is 0 Å². The van der Waals surface area contributed by atoms with Crippen LogP contribution in [0.25, 0.3) is 33.4 Å². The van der Waals surface area contributed by atoms with Crippen LogP contribution in [0.3, 0.4) is 0 Å². The largest absolute Gasteiger partial charge is 0.268 e. The SMILES string of the molecule is O=S(=O)(c1ccccc1)n1cc(-c2c(-c3ccccn3)nn3c2CCC3)c2ccccc21. The monoisotopic (exact) mass is 440 g/mol. The molecule has 4 heterocycles.